The third-order valence-electron chi connectivity index (χ3n) is 3.19. The Balaban J connectivity index is 1.98. The third kappa shape index (κ3) is 3.16. The van der Waals surface area contributed by atoms with Crippen molar-refractivity contribution in [2.24, 2.45) is 0 Å². The van der Waals surface area contributed by atoms with Gasteiger partial charge >= 0.3 is 0 Å². The lowest BCUT2D eigenvalue weighted by molar-refractivity contribution is 0.518. The molecule has 1 N–H and O–H groups in total. The molecule has 0 fully saturated rings. The predicted molar refractivity (Wildman–Crippen MR) is 77.2 cm³/mol. The maximum absolute atomic E-state index is 4.46. The van der Waals surface area contributed by atoms with E-state index in [1.807, 2.05) is 27.8 Å². The van der Waals surface area contributed by atoms with Gasteiger partial charge in [-0.2, -0.15) is 10.2 Å². The van der Waals surface area contributed by atoms with E-state index >= 15 is 0 Å². The van der Waals surface area contributed by atoms with Gasteiger partial charge in [-0.1, -0.05) is 6.92 Å². The largest absolute Gasteiger partial charge is 0.364 e. The number of aromatic nitrogens is 4. The van der Waals surface area contributed by atoms with Crippen LogP contribution in [0.25, 0.3) is 0 Å². The van der Waals surface area contributed by atoms with Gasteiger partial charge < -0.3 is 5.32 Å². The third-order valence-corrected chi connectivity index (χ3v) is 3.19. The molecule has 0 saturated heterocycles. The van der Waals surface area contributed by atoms with E-state index in [0.29, 0.717) is 6.04 Å². The molecule has 0 saturated carbocycles. The molecule has 19 heavy (non-hydrogen) atoms. The molecule has 0 aliphatic rings. The van der Waals surface area contributed by atoms with Crippen molar-refractivity contribution in [1.82, 2.24) is 19.6 Å². The molecule has 0 amide bonds. The van der Waals surface area contributed by atoms with Crippen LogP contribution in [0.3, 0.4) is 0 Å². The summed E-state index contributed by atoms with van der Waals surface area (Å²) in [7, 11) is 0. The average molecular weight is 261 g/mol. The standard InChI is InChI=1S/C14H23N5/c1-5-7-18-8-6-14(17-18)15-9-13-10-16-19(11(2)3)12(13)4/h6,8,10-11H,5,7,9H2,1-4H3,(H,15,17). The average Bonchev–Trinajstić information content (AvgIpc) is 2.94. The first kappa shape index (κ1) is 13.6. The summed E-state index contributed by atoms with van der Waals surface area (Å²) < 4.78 is 4.01. The monoisotopic (exact) mass is 261 g/mol. The van der Waals surface area contributed by atoms with Crippen LogP contribution >= 0.6 is 0 Å². The molecule has 2 heterocycles. The van der Waals surface area contributed by atoms with E-state index in [0.717, 1.165) is 25.3 Å². The minimum absolute atomic E-state index is 0.400. The molecular formula is C14H23N5. The maximum atomic E-state index is 4.46. The Bertz CT molecular complexity index is 524. The molecule has 2 aromatic heterocycles. The van der Waals surface area contributed by atoms with Crippen molar-refractivity contribution < 1.29 is 0 Å². The summed E-state index contributed by atoms with van der Waals surface area (Å²) >= 11 is 0. The fourth-order valence-electron chi connectivity index (χ4n) is 2.15. The second kappa shape index (κ2) is 5.91. The quantitative estimate of drug-likeness (QED) is 0.869. The fourth-order valence-corrected chi connectivity index (χ4v) is 2.15. The first-order valence-electron chi connectivity index (χ1n) is 6.92. The summed E-state index contributed by atoms with van der Waals surface area (Å²) in [6.45, 7) is 10.3. The molecule has 0 aliphatic carbocycles. The van der Waals surface area contributed by atoms with Crippen LogP contribution in [0.4, 0.5) is 5.82 Å². The smallest absolute Gasteiger partial charge is 0.148 e. The maximum Gasteiger partial charge on any atom is 0.148 e. The van der Waals surface area contributed by atoms with Gasteiger partial charge in [0.1, 0.15) is 5.82 Å². The van der Waals surface area contributed by atoms with Gasteiger partial charge in [0.15, 0.2) is 0 Å². The lowest BCUT2D eigenvalue weighted by atomic mass is 10.2. The Morgan fingerprint density at radius 3 is 2.79 bits per heavy atom. The van der Waals surface area contributed by atoms with E-state index in [9.17, 15) is 0 Å². The van der Waals surface area contributed by atoms with Crippen LogP contribution in [0.5, 0.6) is 0 Å². The molecule has 0 spiro atoms. The van der Waals surface area contributed by atoms with Crippen molar-refractivity contribution in [2.45, 2.75) is 53.2 Å². The SMILES string of the molecule is CCCn1ccc(NCc2cnn(C(C)C)c2C)n1. The number of nitrogens with one attached hydrogen (secondary N) is 1. The minimum Gasteiger partial charge on any atom is -0.364 e. The van der Waals surface area contributed by atoms with Crippen molar-refractivity contribution in [3.05, 3.63) is 29.7 Å². The molecule has 0 unspecified atom stereocenters. The van der Waals surface area contributed by atoms with Gasteiger partial charge in [0, 0.05) is 42.7 Å². The number of hydrogen-bond donors (Lipinski definition) is 1. The van der Waals surface area contributed by atoms with Gasteiger partial charge in [0.05, 0.1) is 6.20 Å². The van der Waals surface area contributed by atoms with Crippen molar-refractivity contribution in [3.63, 3.8) is 0 Å². The summed E-state index contributed by atoms with van der Waals surface area (Å²) in [6.07, 6.45) is 5.04. The lowest BCUT2D eigenvalue weighted by Gasteiger charge is -2.09. The molecule has 0 bridgehead atoms. The number of nitrogens with zero attached hydrogens (tertiary/aromatic N) is 4. The highest BCUT2D eigenvalue weighted by atomic mass is 15.3. The number of rotatable bonds is 6. The van der Waals surface area contributed by atoms with Gasteiger partial charge in [-0.25, -0.2) is 0 Å². The van der Waals surface area contributed by atoms with E-state index in [1.165, 1.54) is 11.3 Å². The van der Waals surface area contributed by atoms with Gasteiger partial charge in [-0.3, -0.25) is 9.36 Å². The number of anilines is 1. The van der Waals surface area contributed by atoms with Crippen LogP contribution in [0.2, 0.25) is 0 Å². The second-order valence-electron chi connectivity index (χ2n) is 5.11. The van der Waals surface area contributed by atoms with E-state index < -0.39 is 0 Å². The Kier molecular flexibility index (Phi) is 4.24. The summed E-state index contributed by atoms with van der Waals surface area (Å²) in [5, 5.41) is 12.2. The first-order chi connectivity index (χ1) is 9.11. The summed E-state index contributed by atoms with van der Waals surface area (Å²) in [5.74, 6) is 0.921. The Hall–Kier alpha value is -1.78. The van der Waals surface area contributed by atoms with Crippen LogP contribution in [-0.2, 0) is 13.1 Å². The molecule has 0 aromatic carbocycles. The Morgan fingerprint density at radius 1 is 1.37 bits per heavy atom. The molecular weight excluding hydrogens is 238 g/mol. The zero-order valence-electron chi connectivity index (χ0n) is 12.2. The van der Waals surface area contributed by atoms with Crippen LogP contribution in [0.15, 0.2) is 18.5 Å². The van der Waals surface area contributed by atoms with Crippen molar-refractivity contribution in [1.29, 1.82) is 0 Å². The van der Waals surface area contributed by atoms with Crippen molar-refractivity contribution in [3.8, 4) is 0 Å². The Labute approximate surface area is 114 Å². The highest BCUT2D eigenvalue weighted by molar-refractivity contribution is 5.34. The van der Waals surface area contributed by atoms with E-state index in [1.54, 1.807) is 0 Å². The summed E-state index contributed by atoms with van der Waals surface area (Å²) in [5.41, 5.74) is 2.44. The van der Waals surface area contributed by atoms with Gasteiger partial charge in [-0.05, 0) is 27.2 Å². The fraction of sp³-hybridized carbons (Fsp3) is 0.571. The zero-order valence-corrected chi connectivity index (χ0v) is 12.2. The van der Waals surface area contributed by atoms with E-state index in [4.69, 9.17) is 0 Å². The van der Waals surface area contributed by atoms with Crippen LogP contribution in [0.1, 0.15) is 44.5 Å². The zero-order chi connectivity index (χ0) is 13.8. The van der Waals surface area contributed by atoms with Crippen molar-refractivity contribution in [2.75, 3.05) is 5.32 Å². The van der Waals surface area contributed by atoms with Gasteiger partial charge in [0.25, 0.3) is 0 Å². The highest BCUT2D eigenvalue weighted by Gasteiger charge is 2.08. The van der Waals surface area contributed by atoms with E-state index in [-0.39, 0.29) is 0 Å². The topological polar surface area (TPSA) is 47.7 Å². The molecule has 2 rings (SSSR count). The molecule has 2 aromatic rings. The molecule has 5 heteroatoms. The van der Waals surface area contributed by atoms with Crippen molar-refractivity contribution >= 4 is 5.82 Å². The molecule has 5 nitrogen and oxygen atoms in total. The summed E-state index contributed by atoms with van der Waals surface area (Å²) in [6, 6.07) is 2.41. The van der Waals surface area contributed by atoms with Crippen LogP contribution < -0.4 is 5.32 Å². The number of aryl methyl sites for hydroxylation is 1. The Morgan fingerprint density at radius 2 is 2.16 bits per heavy atom. The molecule has 104 valence electrons. The van der Waals surface area contributed by atoms with E-state index in [2.05, 4.69) is 43.2 Å². The molecule has 0 atom stereocenters. The van der Waals surface area contributed by atoms with Crippen LogP contribution in [-0.4, -0.2) is 19.6 Å². The minimum atomic E-state index is 0.400. The normalized spacial score (nSPS) is 11.2. The highest BCUT2D eigenvalue weighted by Crippen LogP contribution is 2.14. The van der Waals surface area contributed by atoms with Gasteiger partial charge in [0.2, 0.25) is 0 Å². The van der Waals surface area contributed by atoms with Gasteiger partial charge in [-0.15, -0.1) is 0 Å². The number of hydrogen-bond acceptors (Lipinski definition) is 3. The first-order valence-corrected chi connectivity index (χ1v) is 6.92. The predicted octanol–water partition coefficient (Wildman–Crippen LogP) is 2.99. The van der Waals surface area contributed by atoms with Crippen LogP contribution in [0, 0.1) is 6.92 Å². The molecule has 0 radical (unpaired) electrons. The lowest BCUT2D eigenvalue weighted by Crippen LogP contribution is -2.07. The molecule has 0 aliphatic heterocycles. The summed E-state index contributed by atoms with van der Waals surface area (Å²) in [4.78, 5) is 0. The second-order valence-corrected chi connectivity index (χ2v) is 5.11.